The van der Waals surface area contributed by atoms with Crippen LogP contribution in [-0.4, -0.2) is 11.2 Å². The second kappa shape index (κ2) is 8.18. The maximum atomic E-state index is 10.2. The predicted octanol–water partition coefficient (Wildman–Crippen LogP) is 7.55. The Kier molecular flexibility index (Phi) is 6.11. The van der Waals surface area contributed by atoms with Crippen LogP contribution in [0.4, 0.5) is 0 Å². The summed E-state index contributed by atoms with van der Waals surface area (Å²) in [6, 6.07) is 0. The number of fused-ring (bicyclic) bond motifs is 5. The summed E-state index contributed by atoms with van der Waals surface area (Å²) in [6.45, 7) is 12.4. The molecule has 0 aromatic rings. The van der Waals surface area contributed by atoms with E-state index in [1.807, 2.05) is 5.57 Å². The first-order valence-corrected chi connectivity index (χ1v) is 12.9. The highest BCUT2D eigenvalue weighted by atomic mass is 16.3. The van der Waals surface area contributed by atoms with E-state index in [-0.39, 0.29) is 6.10 Å². The number of rotatable bonds is 5. The van der Waals surface area contributed by atoms with Crippen molar-refractivity contribution in [2.75, 3.05) is 0 Å². The van der Waals surface area contributed by atoms with Gasteiger partial charge in [0.25, 0.3) is 0 Å². The van der Waals surface area contributed by atoms with Crippen molar-refractivity contribution in [2.24, 2.45) is 46.3 Å². The monoisotopic (exact) mass is 398 g/mol. The first-order chi connectivity index (χ1) is 13.8. The first kappa shape index (κ1) is 21.7. The van der Waals surface area contributed by atoms with E-state index in [0.717, 1.165) is 36.5 Å². The molecule has 4 aliphatic carbocycles. The topological polar surface area (TPSA) is 20.2 Å². The molecule has 0 aromatic carbocycles. The van der Waals surface area contributed by atoms with Crippen LogP contribution in [0, 0.1) is 46.3 Å². The zero-order valence-corrected chi connectivity index (χ0v) is 19.8. The quantitative estimate of drug-likeness (QED) is 0.474. The van der Waals surface area contributed by atoms with Gasteiger partial charge in [-0.05, 0) is 104 Å². The summed E-state index contributed by atoms with van der Waals surface area (Å²) < 4.78 is 0. The fourth-order valence-corrected chi connectivity index (χ4v) is 8.44. The van der Waals surface area contributed by atoms with Crippen molar-refractivity contribution in [3.8, 4) is 0 Å². The molecular weight excluding hydrogens is 352 g/mol. The van der Waals surface area contributed by atoms with Crippen molar-refractivity contribution in [1.29, 1.82) is 0 Å². The van der Waals surface area contributed by atoms with Gasteiger partial charge in [0.15, 0.2) is 0 Å². The Balaban J connectivity index is 1.52. The smallest absolute Gasteiger partial charge is 0.0543 e. The number of aliphatic hydroxyl groups excluding tert-OH is 1. The highest BCUT2D eigenvalue weighted by Crippen LogP contribution is 2.66. The molecule has 0 amide bonds. The molecular formula is C28H46O. The summed E-state index contributed by atoms with van der Waals surface area (Å²) in [4.78, 5) is 0. The largest absolute Gasteiger partial charge is 0.393 e. The number of aliphatic hydroxyl groups is 1. The molecule has 3 fully saturated rings. The molecule has 164 valence electrons. The molecule has 1 heteroatoms. The first-order valence-electron chi connectivity index (χ1n) is 12.9. The van der Waals surface area contributed by atoms with Gasteiger partial charge in [0.1, 0.15) is 0 Å². The van der Waals surface area contributed by atoms with Crippen LogP contribution in [0.25, 0.3) is 0 Å². The van der Waals surface area contributed by atoms with E-state index in [9.17, 15) is 5.11 Å². The Morgan fingerprint density at radius 1 is 1.03 bits per heavy atom. The van der Waals surface area contributed by atoms with Gasteiger partial charge in [0.2, 0.25) is 0 Å². The van der Waals surface area contributed by atoms with Gasteiger partial charge >= 0.3 is 0 Å². The van der Waals surface area contributed by atoms with Crippen LogP contribution in [0.2, 0.25) is 0 Å². The summed E-state index contributed by atoms with van der Waals surface area (Å²) in [5, 5.41) is 10.2. The van der Waals surface area contributed by atoms with Crippen LogP contribution >= 0.6 is 0 Å². The Labute approximate surface area is 180 Å². The van der Waals surface area contributed by atoms with E-state index < -0.39 is 0 Å². The minimum absolute atomic E-state index is 0.0459. The maximum Gasteiger partial charge on any atom is 0.0543 e. The van der Waals surface area contributed by atoms with Crippen LogP contribution in [0.5, 0.6) is 0 Å². The number of hydrogen-bond donors (Lipinski definition) is 1. The molecule has 4 aliphatic rings. The second-order valence-electron chi connectivity index (χ2n) is 11.9. The zero-order chi connectivity index (χ0) is 20.8. The Morgan fingerprint density at radius 3 is 2.52 bits per heavy atom. The molecule has 0 spiro atoms. The van der Waals surface area contributed by atoms with Gasteiger partial charge in [0.05, 0.1) is 6.10 Å². The minimum Gasteiger partial charge on any atom is -0.393 e. The van der Waals surface area contributed by atoms with Gasteiger partial charge in [-0.3, -0.25) is 0 Å². The molecule has 4 rings (SSSR count). The fourth-order valence-electron chi connectivity index (χ4n) is 8.44. The second-order valence-corrected chi connectivity index (χ2v) is 11.9. The van der Waals surface area contributed by atoms with Crippen molar-refractivity contribution < 1.29 is 5.11 Å². The number of allylic oxidation sites excluding steroid dienone is 4. The third-order valence-corrected chi connectivity index (χ3v) is 10.2. The maximum absolute atomic E-state index is 10.2. The highest BCUT2D eigenvalue weighted by Gasteiger charge is 2.57. The lowest BCUT2D eigenvalue weighted by molar-refractivity contribution is -0.0414. The normalized spacial score (nSPS) is 46.6. The lowest BCUT2D eigenvalue weighted by Gasteiger charge is -2.57. The van der Waals surface area contributed by atoms with E-state index in [4.69, 9.17) is 0 Å². The fraction of sp³-hybridized carbons (Fsp3) is 0.857. The van der Waals surface area contributed by atoms with Crippen molar-refractivity contribution in [1.82, 2.24) is 0 Å². The average molecular weight is 399 g/mol. The minimum atomic E-state index is -0.0459. The van der Waals surface area contributed by atoms with Gasteiger partial charge in [-0.2, -0.15) is 0 Å². The molecule has 29 heavy (non-hydrogen) atoms. The molecule has 0 unspecified atom stereocenters. The molecule has 1 nitrogen and oxygen atoms in total. The molecule has 0 aromatic heterocycles. The lowest BCUT2D eigenvalue weighted by Crippen LogP contribution is -2.49. The van der Waals surface area contributed by atoms with Gasteiger partial charge in [-0.15, -0.1) is 0 Å². The molecule has 0 radical (unpaired) electrons. The molecule has 9 atom stereocenters. The van der Waals surface area contributed by atoms with Crippen LogP contribution in [0.1, 0.15) is 98.8 Å². The summed E-state index contributed by atoms with van der Waals surface area (Å²) in [6.07, 6.45) is 20.5. The summed E-state index contributed by atoms with van der Waals surface area (Å²) in [7, 11) is 0. The van der Waals surface area contributed by atoms with E-state index in [0.29, 0.717) is 22.7 Å². The van der Waals surface area contributed by atoms with Gasteiger partial charge in [0, 0.05) is 0 Å². The van der Waals surface area contributed by atoms with E-state index in [1.165, 1.54) is 51.4 Å². The molecule has 1 N–H and O–H groups in total. The Bertz CT molecular complexity index is 647. The van der Waals surface area contributed by atoms with Crippen molar-refractivity contribution >= 4 is 0 Å². The number of hydrogen-bond acceptors (Lipinski definition) is 1. The molecule has 0 saturated heterocycles. The lowest BCUT2D eigenvalue weighted by atomic mass is 9.47. The highest BCUT2D eigenvalue weighted by molar-refractivity contribution is 5.28. The molecule has 0 aliphatic heterocycles. The van der Waals surface area contributed by atoms with Crippen molar-refractivity contribution in [3.63, 3.8) is 0 Å². The molecule has 3 saturated carbocycles. The van der Waals surface area contributed by atoms with Crippen LogP contribution in [0.15, 0.2) is 23.8 Å². The summed E-state index contributed by atoms with van der Waals surface area (Å²) >= 11 is 0. The third kappa shape index (κ3) is 3.68. The standard InChI is InChI=1S/C28H46O/c1-6-7-19(2)8-9-20(3)24-12-13-25-23-11-10-21-18-22(29)14-16-27(21,4)26(23)15-17-28(24,25)5/h8-9,11,19-22,24-26,29H,6-7,10,12-18H2,1-5H3/b9-8+/t19-,20-,21+,22+,24-,25+,26+,27+,28-/m1/s1. The third-order valence-electron chi connectivity index (χ3n) is 10.2. The van der Waals surface area contributed by atoms with Crippen molar-refractivity contribution in [2.45, 2.75) is 105 Å². The summed E-state index contributed by atoms with van der Waals surface area (Å²) in [5.74, 6) is 4.60. The Hall–Kier alpha value is -0.560. The Morgan fingerprint density at radius 2 is 1.76 bits per heavy atom. The average Bonchev–Trinajstić information content (AvgIpc) is 3.04. The van der Waals surface area contributed by atoms with Crippen LogP contribution in [0.3, 0.4) is 0 Å². The van der Waals surface area contributed by atoms with Crippen LogP contribution < -0.4 is 0 Å². The SMILES string of the molecule is CCC[C@@H](C)/C=C/[C@@H](C)[C@H]1CC[C@H]2C3=CC[C@H]4C[C@@H](O)CC[C@]4(C)[C@H]3CC[C@]12C. The van der Waals surface area contributed by atoms with Crippen molar-refractivity contribution in [3.05, 3.63) is 23.8 Å². The predicted molar refractivity (Wildman–Crippen MR) is 124 cm³/mol. The van der Waals surface area contributed by atoms with E-state index in [1.54, 1.807) is 0 Å². The summed E-state index contributed by atoms with van der Waals surface area (Å²) in [5.41, 5.74) is 2.80. The molecule has 0 bridgehead atoms. The molecule has 0 heterocycles. The van der Waals surface area contributed by atoms with Crippen LogP contribution in [-0.2, 0) is 0 Å². The van der Waals surface area contributed by atoms with Gasteiger partial charge < -0.3 is 5.11 Å². The van der Waals surface area contributed by atoms with E-state index >= 15 is 0 Å². The zero-order valence-electron chi connectivity index (χ0n) is 19.8. The van der Waals surface area contributed by atoms with Gasteiger partial charge in [-0.1, -0.05) is 64.8 Å². The van der Waals surface area contributed by atoms with Gasteiger partial charge in [-0.25, -0.2) is 0 Å². The van der Waals surface area contributed by atoms with E-state index in [2.05, 4.69) is 52.8 Å².